The molecule has 0 spiro atoms. The minimum absolute atomic E-state index is 0. The number of aryl methyl sites for hydroxylation is 2. The van der Waals surface area contributed by atoms with Crippen LogP contribution in [-0.2, 0) is 37.3 Å². The smallest absolute Gasteiger partial charge is 0.370 e. The Labute approximate surface area is 204 Å². The van der Waals surface area contributed by atoms with Crippen LogP contribution in [0.3, 0.4) is 0 Å². The molecule has 1 atom stereocenters. The van der Waals surface area contributed by atoms with Crippen LogP contribution in [-0.4, -0.2) is 47.4 Å². The summed E-state index contributed by atoms with van der Waals surface area (Å²) in [5.41, 5.74) is 3.28. The third-order valence-corrected chi connectivity index (χ3v) is 5.61. The molecule has 1 saturated heterocycles. The zero-order valence-electron chi connectivity index (χ0n) is 18.9. The average Bonchev–Trinajstić information content (AvgIpc) is 3.08. The minimum Gasteiger partial charge on any atom is -0.370 e. The van der Waals surface area contributed by atoms with Crippen LogP contribution in [0.4, 0.5) is 13.2 Å². The average molecular weight is 565 g/mol. The van der Waals surface area contributed by atoms with Crippen LogP contribution in [0.1, 0.15) is 48.0 Å². The SMILES string of the molecule is CCc1nn(C)c(CC)c1CNC(=NC)N1CCOC(c2cccc(C(F)(F)F)c2)C1.I. The number of alkyl halides is 3. The first-order valence-electron chi connectivity index (χ1n) is 10.6. The lowest BCUT2D eigenvalue weighted by Gasteiger charge is -2.35. The van der Waals surface area contributed by atoms with E-state index in [0.717, 1.165) is 24.6 Å². The van der Waals surface area contributed by atoms with Crippen molar-refractivity contribution in [2.75, 3.05) is 26.7 Å². The Bertz CT molecular complexity index is 929. The fraction of sp³-hybridized carbons (Fsp3) is 0.545. The van der Waals surface area contributed by atoms with Crippen molar-refractivity contribution >= 4 is 29.9 Å². The molecule has 0 aliphatic carbocycles. The number of hydrogen-bond acceptors (Lipinski definition) is 3. The zero-order chi connectivity index (χ0) is 22.6. The third kappa shape index (κ3) is 5.94. The van der Waals surface area contributed by atoms with E-state index in [-0.39, 0.29) is 24.0 Å². The molecule has 0 radical (unpaired) electrons. The highest BCUT2D eigenvalue weighted by atomic mass is 127. The molecule has 1 aromatic heterocycles. The molecule has 178 valence electrons. The molecular weight excluding hydrogens is 534 g/mol. The van der Waals surface area contributed by atoms with Crippen molar-refractivity contribution in [3.05, 3.63) is 52.3 Å². The molecule has 6 nitrogen and oxygen atoms in total. The van der Waals surface area contributed by atoms with E-state index >= 15 is 0 Å². The summed E-state index contributed by atoms with van der Waals surface area (Å²) in [6.07, 6.45) is -3.10. The molecule has 1 fully saturated rings. The van der Waals surface area contributed by atoms with Crippen LogP contribution >= 0.6 is 24.0 Å². The summed E-state index contributed by atoms with van der Waals surface area (Å²) >= 11 is 0. The molecule has 0 bridgehead atoms. The first kappa shape index (κ1) is 26.4. The van der Waals surface area contributed by atoms with Crippen molar-refractivity contribution in [3.8, 4) is 0 Å². The van der Waals surface area contributed by atoms with E-state index in [9.17, 15) is 13.2 Å². The van der Waals surface area contributed by atoms with Crippen LogP contribution in [0, 0.1) is 0 Å². The number of ether oxygens (including phenoxy) is 1. The molecule has 0 amide bonds. The van der Waals surface area contributed by atoms with Crippen LogP contribution in [0.15, 0.2) is 29.3 Å². The molecule has 1 aliphatic heterocycles. The van der Waals surface area contributed by atoms with Crippen molar-refractivity contribution in [2.45, 2.75) is 45.5 Å². The number of nitrogens with one attached hydrogen (secondary N) is 1. The fourth-order valence-corrected chi connectivity index (χ4v) is 4.05. The normalized spacial score (nSPS) is 17.3. The number of guanidine groups is 1. The van der Waals surface area contributed by atoms with Gasteiger partial charge >= 0.3 is 6.18 Å². The summed E-state index contributed by atoms with van der Waals surface area (Å²) < 4.78 is 47.0. The van der Waals surface area contributed by atoms with Crippen LogP contribution in [0.25, 0.3) is 0 Å². The Morgan fingerprint density at radius 1 is 1.28 bits per heavy atom. The highest BCUT2D eigenvalue weighted by Gasteiger charge is 2.32. The standard InChI is InChI=1S/C22H30F3N5O.HI/c1-5-18-17(19(6-2)29(4)28-18)13-27-21(26-3)30-10-11-31-20(14-30)15-8-7-9-16(12-15)22(23,24)25;/h7-9,12,20H,5-6,10-11,13-14H2,1-4H3,(H,26,27);1H. The summed E-state index contributed by atoms with van der Waals surface area (Å²) in [5.74, 6) is 0.702. The first-order chi connectivity index (χ1) is 14.8. The number of nitrogens with zero attached hydrogens (tertiary/aromatic N) is 4. The fourth-order valence-electron chi connectivity index (χ4n) is 4.05. The van der Waals surface area contributed by atoms with Gasteiger partial charge < -0.3 is 15.0 Å². The summed E-state index contributed by atoms with van der Waals surface area (Å²) in [7, 11) is 3.67. The van der Waals surface area contributed by atoms with Gasteiger partial charge in [-0.3, -0.25) is 9.67 Å². The van der Waals surface area contributed by atoms with E-state index in [1.807, 2.05) is 16.6 Å². The summed E-state index contributed by atoms with van der Waals surface area (Å²) in [6.45, 7) is 6.24. The second kappa shape index (κ2) is 11.4. The molecule has 1 aliphatic rings. The molecule has 0 saturated carbocycles. The summed E-state index contributed by atoms with van der Waals surface area (Å²) in [4.78, 5) is 6.43. The Morgan fingerprint density at radius 2 is 2.03 bits per heavy atom. The van der Waals surface area contributed by atoms with E-state index in [1.165, 1.54) is 23.4 Å². The van der Waals surface area contributed by atoms with Gasteiger partial charge in [0.1, 0.15) is 6.10 Å². The Hall–Kier alpha value is -1.82. The Balaban J connectivity index is 0.00000363. The molecule has 32 heavy (non-hydrogen) atoms. The third-order valence-electron chi connectivity index (χ3n) is 5.61. The predicted molar refractivity (Wildman–Crippen MR) is 129 cm³/mol. The molecule has 2 heterocycles. The number of halogens is 4. The zero-order valence-corrected chi connectivity index (χ0v) is 21.2. The monoisotopic (exact) mass is 565 g/mol. The van der Waals surface area contributed by atoms with Gasteiger partial charge in [-0.2, -0.15) is 18.3 Å². The van der Waals surface area contributed by atoms with E-state index in [4.69, 9.17) is 4.74 Å². The van der Waals surface area contributed by atoms with Crippen LogP contribution in [0.5, 0.6) is 0 Å². The van der Waals surface area contributed by atoms with Gasteiger partial charge in [0.15, 0.2) is 5.96 Å². The predicted octanol–water partition coefficient (Wildman–Crippen LogP) is 4.33. The van der Waals surface area contributed by atoms with Gasteiger partial charge in [-0.25, -0.2) is 0 Å². The van der Waals surface area contributed by atoms with Gasteiger partial charge in [0, 0.05) is 38.4 Å². The van der Waals surface area contributed by atoms with Crippen molar-refractivity contribution < 1.29 is 17.9 Å². The molecule has 1 aromatic carbocycles. The largest absolute Gasteiger partial charge is 0.416 e. The van der Waals surface area contributed by atoms with E-state index in [0.29, 0.717) is 37.8 Å². The minimum atomic E-state index is -4.38. The van der Waals surface area contributed by atoms with Crippen LogP contribution < -0.4 is 5.32 Å². The van der Waals surface area contributed by atoms with Gasteiger partial charge in [0.2, 0.25) is 0 Å². The van der Waals surface area contributed by atoms with Gasteiger partial charge in [-0.1, -0.05) is 26.0 Å². The topological polar surface area (TPSA) is 54.7 Å². The van der Waals surface area contributed by atoms with Gasteiger partial charge in [-0.15, -0.1) is 24.0 Å². The number of benzene rings is 1. The second-order valence-corrected chi connectivity index (χ2v) is 7.53. The maximum Gasteiger partial charge on any atom is 0.416 e. The molecule has 1 unspecified atom stereocenters. The van der Waals surface area contributed by atoms with Crippen molar-refractivity contribution in [2.24, 2.45) is 12.0 Å². The number of aromatic nitrogens is 2. The molecule has 10 heteroatoms. The van der Waals surface area contributed by atoms with E-state index < -0.39 is 17.8 Å². The highest BCUT2D eigenvalue weighted by molar-refractivity contribution is 14.0. The number of aliphatic imine (C=N–C) groups is 1. The van der Waals surface area contributed by atoms with Gasteiger partial charge in [0.25, 0.3) is 0 Å². The quantitative estimate of drug-likeness (QED) is 0.333. The number of morpholine rings is 1. The first-order valence-corrected chi connectivity index (χ1v) is 10.6. The summed E-state index contributed by atoms with van der Waals surface area (Å²) in [5, 5.41) is 8.02. The molecule has 3 rings (SSSR count). The lowest BCUT2D eigenvalue weighted by atomic mass is 10.0. The van der Waals surface area contributed by atoms with Gasteiger partial charge in [0.05, 0.1) is 24.4 Å². The van der Waals surface area contributed by atoms with Crippen molar-refractivity contribution in [3.63, 3.8) is 0 Å². The maximum atomic E-state index is 13.1. The lowest BCUT2D eigenvalue weighted by Crippen LogP contribution is -2.48. The van der Waals surface area contributed by atoms with Gasteiger partial charge in [-0.05, 0) is 30.5 Å². The van der Waals surface area contributed by atoms with Crippen molar-refractivity contribution in [1.29, 1.82) is 0 Å². The van der Waals surface area contributed by atoms with E-state index in [2.05, 4.69) is 29.3 Å². The lowest BCUT2D eigenvalue weighted by molar-refractivity contribution is -0.137. The summed E-state index contributed by atoms with van der Waals surface area (Å²) in [6, 6.07) is 5.35. The molecular formula is C22H31F3IN5O. The number of rotatable bonds is 5. The van der Waals surface area contributed by atoms with E-state index in [1.54, 1.807) is 13.1 Å². The van der Waals surface area contributed by atoms with Crippen molar-refractivity contribution in [1.82, 2.24) is 20.0 Å². The Kier molecular flexibility index (Phi) is 9.38. The Morgan fingerprint density at radius 3 is 2.66 bits per heavy atom. The van der Waals surface area contributed by atoms with Crippen LogP contribution in [0.2, 0.25) is 0 Å². The maximum absolute atomic E-state index is 13.1. The molecule has 2 aromatic rings. The highest BCUT2D eigenvalue weighted by Crippen LogP contribution is 2.32. The number of hydrogen-bond donors (Lipinski definition) is 1. The second-order valence-electron chi connectivity index (χ2n) is 7.53. The molecule has 1 N–H and O–H groups in total.